The van der Waals surface area contributed by atoms with Gasteiger partial charge in [0.15, 0.2) is 11.5 Å². The summed E-state index contributed by atoms with van der Waals surface area (Å²) in [5, 5.41) is 3.92. The number of aromatic nitrogens is 1. The molecule has 3 nitrogen and oxygen atoms in total. The number of nitrogens with zero attached hydrogens (tertiary/aromatic N) is 1. The van der Waals surface area contributed by atoms with Gasteiger partial charge in [0.25, 0.3) is 0 Å². The Morgan fingerprint density at radius 2 is 2.27 bits per heavy atom. The molecule has 0 aliphatic rings. The summed E-state index contributed by atoms with van der Waals surface area (Å²) in [5.74, 6) is 0.661. The maximum Gasteiger partial charge on any atom is 0.195 e. The molecule has 11 heavy (non-hydrogen) atoms. The van der Waals surface area contributed by atoms with Gasteiger partial charge < -0.3 is 4.52 Å². The van der Waals surface area contributed by atoms with Gasteiger partial charge in [0.1, 0.15) is 5.76 Å². The van der Waals surface area contributed by atoms with Crippen LogP contribution in [0.3, 0.4) is 0 Å². The Kier molecular flexibility index (Phi) is 2.44. The van der Waals surface area contributed by atoms with Crippen molar-refractivity contribution in [1.82, 2.24) is 5.16 Å². The largest absolute Gasteiger partial charge is 0.361 e. The number of hydrogen-bond donors (Lipinski definition) is 0. The molecule has 0 fully saturated rings. The summed E-state index contributed by atoms with van der Waals surface area (Å²) in [7, 11) is 0. The molecule has 1 rings (SSSR count). The van der Waals surface area contributed by atoms with Gasteiger partial charge in [-0.2, -0.15) is 0 Å². The molecule has 0 spiro atoms. The van der Waals surface area contributed by atoms with E-state index in [4.69, 9.17) is 4.52 Å². The molecule has 0 aliphatic carbocycles. The molecular weight excluding hydrogens is 210 g/mol. The highest BCUT2D eigenvalue weighted by Crippen LogP contribution is 2.12. The third kappa shape index (κ3) is 1.50. The molecule has 0 bridgehead atoms. The maximum atomic E-state index is 11.1. The van der Waals surface area contributed by atoms with E-state index in [0.29, 0.717) is 16.8 Å². The summed E-state index contributed by atoms with van der Waals surface area (Å²) >= 11 is 3.06. The van der Waals surface area contributed by atoms with Gasteiger partial charge in [-0.3, -0.25) is 4.79 Å². The van der Waals surface area contributed by atoms with E-state index in [1.807, 2.05) is 6.92 Å². The number of rotatable bonds is 2. The Balaban J connectivity index is 3.04. The molecule has 0 aliphatic heterocycles. The maximum absolute atomic E-state index is 11.1. The van der Waals surface area contributed by atoms with Crippen LogP contribution >= 0.6 is 15.9 Å². The fourth-order valence-corrected chi connectivity index (χ4v) is 1.01. The minimum atomic E-state index is -0.0423. The Labute approximate surface area is 72.9 Å². The number of Topliss-reactive ketones (excluding diaryl/α,β-unsaturated/α-hetero) is 1. The molecule has 0 unspecified atom stereocenters. The van der Waals surface area contributed by atoms with E-state index in [-0.39, 0.29) is 5.78 Å². The summed E-state index contributed by atoms with van der Waals surface area (Å²) in [4.78, 5) is 11.1. The van der Waals surface area contributed by atoms with Crippen molar-refractivity contribution in [3.8, 4) is 0 Å². The first-order valence-corrected chi connectivity index (χ1v) is 4.31. The summed E-state index contributed by atoms with van der Waals surface area (Å²) in [6.45, 7) is 3.61. The van der Waals surface area contributed by atoms with Crippen molar-refractivity contribution >= 4 is 21.7 Å². The van der Waals surface area contributed by atoms with Crippen molar-refractivity contribution in [2.45, 2.75) is 13.8 Å². The highest BCUT2D eigenvalue weighted by molar-refractivity contribution is 9.09. The standard InChI is InChI=1S/C7H8BrNO2/c1-4-5(2)11-9-7(4)6(10)3-8/h3H2,1-2H3. The molecular formula is C7H8BrNO2. The summed E-state index contributed by atoms with van der Waals surface area (Å²) in [5.41, 5.74) is 1.26. The molecule has 1 aromatic heterocycles. The lowest BCUT2D eigenvalue weighted by atomic mass is 10.2. The minimum Gasteiger partial charge on any atom is -0.361 e. The van der Waals surface area contributed by atoms with Crippen molar-refractivity contribution in [2.75, 3.05) is 5.33 Å². The first-order chi connectivity index (χ1) is 5.16. The van der Waals surface area contributed by atoms with Crippen LogP contribution in [0.2, 0.25) is 0 Å². The lowest BCUT2D eigenvalue weighted by molar-refractivity contribution is 0.101. The SMILES string of the molecule is Cc1onc(C(=O)CBr)c1C. The summed E-state index contributed by atoms with van der Waals surface area (Å²) in [6, 6.07) is 0. The zero-order valence-electron chi connectivity index (χ0n) is 6.35. The Bertz CT molecular complexity index is 280. The zero-order valence-corrected chi connectivity index (χ0v) is 7.93. The normalized spacial score (nSPS) is 10.1. The molecule has 0 aromatic carbocycles. The van der Waals surface area contributed by atoms with E-state index in [2.05, 4.69) is 21.1 Å². The summed E-state index contributed by atoms with van der Waals surface area (Å²) in [6.07, 6.45) is 0. The van der Waals surface area contributed by atoms with E-state index in [1.165, 1.54) is 0 Å². The van der Waals surface area contributed by atoms with Crippen LogP contribution in [0.1, 0.15) is 21.8 Å². The Morgan fingerprint density at radius 3 is 2.64 bits per heavy atom. The van der Waals surface area contributed by atoms with Crippen molar-refractivity contribution < 1.29 is 9.32 Å². The molecule has 0 saturated heterocycles. The first kappa shape index (κ1) is 8.46. The van der Waals surface area contributed by atoms with Crippen LogP contribution in [0.4, 0.5) is 0 Å². The van der Waals surface area contributed by atoms with E-state index < -0.39 is 0 Å². The molecule has 4 heteroatoms. The third-order valence-electron chi connectivity index (χ3n) is 1.54. The second-order valence-electron chi connectivity index (χ2n) is 2.27. The first-order valence-electron chi connectivity index (χ1n) is 3.19. The van der Waals surface area contributed by atoms with Gasteiger partial charge in [0.05, 0.1) is 5.33 Å². The lowest BCUT2D eigenvalue weighted by Gasteiger charge is -1.89. The lowest BCUT2D eigenvalue weighted by Crippen LogP contribution is -2.01. The fraction of sp³-hybridized carbons (Fsp3) is 0.429. The minimum absolute atomic E-state index is 0.0423. The fourth-order valence-electron chi connectivity index (χ4n) is 0.741. The van der Waals surface area contributed by atoms with Crippen molar-refractivity contribution in [1.29, 1.82) is 0 Å². The van der Waals surface area contributed by atoms with Crippen LogP contribution in [0.25, 0.3) is 0 Å². The van der Waals surface area contributed by atoms with Crippen LogP contribution in [0.5, 0.6) is 0 Å². The molecule has 0 atom stereocenters. The second-order valence-corrected chi connectivity index (χ2v) is 2.83. The van der Waals surface area contributed by atoms with Gasteiger partial charge in [0.2, 0.25) is 0 Å². The number of carbonyl (C=O) groups is 1. The highest BCUT2D eigenvalue weighted by Gasteiger charge is 2.14. The Morgan fingerprint density at radius 1 is 1.64 bits per heavy atom. The van der Waals surface area contributed by atoms with Crippen LogP contribution in [0.15, 0.2) is 4.52 Å². The number of hydrogen-bond acceptors (Lipinski definition) is 3. The molecule has 0 amide bonds. The molecule has 1 aromatic rings. The van der Waals surface area contributed by atoms with Crippen LogP contribution in [-0.4, -0.2) is 16.3 Å². The van der Waals surface area contributed by atoms with E-state index in [9.17, 15) is 4.79 Å². The number of halogens is 1. The van der Waals surface area contributed by atoms with Crippen molar-refractivity contribution in [3.05, 3.63) is 17.0 Å². The number of alkyl halides is 1. The van der Waals surface area contributed by atoms with Crippen LogP contribution < -0.4 is 0 Å². The Hall–Kier alpha value is -0.640. The molecule has 1 heterocycles. The molecule has 0 saturated carbocycles. The monoisotopic (exact) mass is 217 g/mol. The van der Waals surface area contributed by atoms with E-state index in [1.54, 1.807) is 6.92 Å². The number of aryl methyl sites for hydroxylation is 1. The molecule has 60 valence electrons. The molecule has 0 N–H and O–H groups in total. The van der Waals surface area contributed by atoms with Gasteiger partial charge >= 0.3 is 0 Å². The average molecular weight is 218 g/mol. The highest BCUT2D eigenvalue weighted by atomic mass is 79.9. The van der Waals surface area contributed by atoms with Crippen molar-refractivity contribution in [2.24, 2.45) is 0 Å². The predicted octanol–water partition coefficient (Wildman–Crippen LogP) is 1.87. The topological polar surface area (TPSA) is 43.1 Å². The smallest absolute Gasteiger partial charge is 0.195 e. The van der Waals surface area contributed by atoms with Crippen LogP contribution in [0, 0.1) is 13.8 Å². The predicted molar refractivity (Wildman–Crippen MR) is 44.1 cm³/mol. The number of ketones is 1. The van der Waals surface area contributed by atoms with E-state index >= 15 is 0 Å². The van der Waals surface area contributed by atoms with Gasteiger partial charge in [-0.25, -0.2) is 0 Å². The van der Waals surface area contributed by atoms with Crippen LogP contribution in [-0.2, 0) is 0 Å². The average Bonchev–Trinajstić information content (AvgIpc) is 2.32. The van der Waals surface area contributed by atoms with Gasteiger partial charge in [-0.1, -0.05) is 21.1 Å². The van der Waals surface area contributed by atoms with E-state index in [0.717, 1.165) is 5.56 Å². The zero-order chi connectivity index (χ0) is 8.43. The number of carbonyl (C=O) groups excluding carboxylic acids is 1. The van der Waals surface area contributed by atoms with Gasteiger partial charge in [0, 0.05) is 5.56 Å². The summed E-state index contributed by atoms with van der Waals surface area (Å²) < 4.78 is 4.83. The molecule has 0 radical (unpaired) electrons. The third-order valence-corrected chi connectivity index (χ3v) is 2.05. The van der Waals surface area contributed by atoms with Crippen molar-refractivity contribution in [3.63, 3.8) is 0 Å². The second kappa shape index (κ2) is 3.17. The van der Waals surface area contributed by atoms with Gasteiger partial charge in [-0.15, -0.1) is 0 Å². The van der Waals surface area contributed by atoms with Gasteiger partial charge in [-0.05, 0) is 13.8 Å². The quantitative estimate of drug-likeness (QED) is 0.562.